The van der Waals surface area contributed by atoms with Crippen LogP contribution in [0.15, 0.2) is 60.7 Å². The van der Waals surface area contributed by atoms with E-state index in [-0.39, 0.29) is 11.9 Å². The monoisotopic (exact) mass is 333 g/mol. The van der Waals surface area contributed by atoms with Crippen LogP contribution in [0.2, 0.25) is 0 Å². The molecule has 0 aliphatic carbocycles. The molecule has 1 amide bonds. The van der Waals surface area contributed by atoms with Gasteiger partial charge in [0.15, 0.2) is 0 Å². The van der Waals surface area contributed by atoms with Crippen molar-refractivity contribution in [2.45, 2.75) is 25.4 Å². The van der Waals surface area contributed by atoms with Gasteiger partial charge in [-0.05, 0) is 11.1 Å². The SMILES string of the molecule is N#CC[C@H](c1ccccc1)N1CCN(Cc2ccccc2)CCC1=O. The highest BCUT2D eigenvalue weighted by atomic mass is 16.2. The van der Waals surface area contributed by atoms with Crippen LogP contribution >= 0.6 is 0 Å². The molecule has 2 aromatic rings. The van der Waals surface area contributed by atoms with Gasteiger partial charge in [-0.2, -0.15) is 5.26 Å². The Kier molecular flexibility index (Phi) is 5.81. The highest BCUT2D eigenvalue weighted by Gasteiger charge is 2.28. The van der Waals surface area contributed by atoms with Gasteiger partial charge in [0.05, 0.1) is 18.5 Å². The number of amides is 1. The van der Waals surface area contributed by atoms with E-state index in [1.165, 1.54) is 5.56 Å². The summed E-state index contributed by atoms with van der Waals surface area (Å²) in [6.07, 6.45) is 0.829. The van der Waals surface area contributed by atoms with Crippen molar-refractivity contribution in [1.29, 1.82) is 5.26 Å². The molecule has 1 atom stereocenters. The third kappa shape index (κ3) is 4.46. The van der Waals surface area contributed by atoms with Crippen molar-refractivity contribution in [2.24, 2.45) is 0 Å². The molecule has 25 heavy (non-hydrogen) atoms. The minimum Gasteiger partial charge on any atom is -0.333 e. The maximum Gasteiger partial charge on any atom is 0.224 e. The van der Waals surface area contributed by atoms with E-state index in [1.54, 1.807) is 0 Å². The number of hydrogen-bond donors (Lipinski definition) is 0. The van der Waals surface area contributed by atoms with Crippen LogP contribution in [0.1, 0.15) is 30.0 Å². The largest absolute Gasteiger partial charge is 0.333 e. The van der Waals surface area contributed by atoms with Crippen molar-refractivity contribution in [3.63, 3.8) is 0 Å². The second kappa shape index (κ2) is 8.46. The summed E-state index contributed by atoms with van der Waals surface area (Å²) in [7, 11) is 0. The lowest BCUT2D eigenvalue weighted by molar-refractivity contribution is -0.132. The molecule has 1 saturated heterocycles. The lowest BCUT2D eigenvalue weighted by atomic mass is 10.0. The summed E-state index contributed by atoms with van der Waals surface area (Å²) < 4.78 is 0. The number of nitriles is 1. The molecule has 1 fully saturated rings. The lowest BCUT2D eigenvalue weighted by Crippen LogP contribution is -2.36. The third-order valence-electron chi connectivity index (χ3n) is 4.71. The van der Waals surface area contributed by atoms with Gasteiger partial charge in [0.25, 0.3) is 0 Å². The molecule has 0 N–H and O–H groups in total. The summed E-state index contributed by atoms with van der Waals surface area (Å²) in [5, 5.41) is 9.23. The van der Waals surface area contributed by atoms with Crippen LogP contribution in [-0.2, 0) is 11.3 Å². The van der Waals surface area contributed by atoms with Gasteiger partial charge in [0, 0.05) is 32.6 Å². The maximum atomic E-state index is 12.7. The normalized spacial score (nSPS) is 16.9. The van der Waals surface area contributed by atoms with Gasteiger partial charge >= 0.3 is 0 Å². The standard InChI is InChI=1S/C21H23N3O/c22-13-11-20(19-9-5-2-6-10-19)24-16-15-23(14-12-21(24)25)17-18-7-3-1-4-8-18/h1-10,20H,11-12,14-17H2/t20-/m1/s1. The van der Waals surface area contributed by atoms with Crippen molar-refractivity contribution in [2.75, 3.05) is 19.6 Å². The van der Waals surface area contributed by atoms with Crippen LogP contribution in [0, 0.1) is 11.3 Å². The topological polar surface area (TPSA) is 47.3 Å². The van der Waals surface area contributed by atoms with Gasteiger partial charge in [-0.3, -0.25) is 9.69 Å². The quantitative estimate of drug-likeness (QED) is 0.843. The average Bonchev–Trinajstić information content (AvgIpc) is 2.83. The molecule has 4 nitrogen and oxygen atoms in total. The molecule has 0 bridgehead atoms. The van der Waals surface area contributed by atoms with E-state index in [2.05, 4.69) is 23.1 Å². The molecule has 0 radical (unpaired) electrons. The van der Waals surface area contributed by atoms with Gasteiger partial charge in [0.2, 0.25) is 5.91 Å². The number of carbonyl (C=O) groups is 1. The summed E-state index contributed by atoms with van der Waals surface area (Å²) in [5.74, 6) is 0.139. The first-order valence-electron chi connectivity index (χ1n) is 8.75. The first-order chi connectivity index (χ1) is 12.3. The molecule has 1 aliphatic heterocycles. The Morgan fingerprint density at radius 1 is 0.960 bits per heavy atom. The molecule has 128 valence electrons. The van der Waals surface area contributed by atoms with Crippen LogP contribution in [-0.4, -0.2) is 35.3 Å². The number of carbonyl (C=O) groups excluding carboxylic acids is 1. The summed E-state index contributed by atoms with van der Waals surface area (Å²) in [5.41, 5.74) is 2.30. The number of benzene rings is 2. The molecular formula is C21H23N3O. The summed E-state index contributed by atoms with van der Waals surface area (Å²) in [6.45, 7) is 3.11. The third-order valence-corrected chi connectivity index (χ3v) is 4.71. The van der Waals surface area contributed by atoms with Gasteiger partial charge in [-0.1, -0.05) is 60.7 Å². The Hall–Kier alpha value is -2.64. The Morgan fingerprint density at radius 2 is 1.64 bits per heavy atom. The minimum atomic E-state index is -0.157. The Morgan fingerprint density at radius 3 is 2.32 bits per heavy atom. The summed E-state index contributed by atoms with van der Waals surface area (Å²) >= 11 is 0. The first-order valence-corrected chi connectivity index (χ1v) is 8.75. The van der Waals surface area contributed by atoms with Crippen molar-refractivity contribution in [3.05, 3.63) is 71.8 Å². The highest BCUT2D eigenvalue weighted by Crippen LogP contribution is 2.26. The van der Waals surface area contributed by atoms with Crippen molar-refractivity contribution in [1.82, 2.24) is 9.80 Å². The van der Waals surface area contributed by atoms with E-state index >= 15 is 0 Å². The molecule has 0 aromatic heterocycles. The first kappa shape index (κ1) is 17.2. The van der Waals surface area contributed by atoms with Crippen molar-refractivity contribution >= 4 is 5.91 Å². The fraction of sp³-hybridized carbons (Fsp3) is 0.333. The van der Waals surface area contributed by atoms with Crippen LogP contribution in [0.3, 0.4) is 0 Å². The van der Waals surface area contributed by atoms with E-state index in [0.717, 1.165) is 25.2 Å². The minimum absolute atomic E-state index is 0.139. The Balaban J connectivity index is 1.72. The Bertz CT molecular complexity index is 724. The zero-order valence-corrected chi connectivity index (χ0v) is 14.3. The van der Waals surface area contributed by atoms with Crippen molar-refractivity contribution in [3.8, 4) is 6.07 Å². The molecule has 2 aromatic carbocycles. The van der Waals surface area contributed by atoms with Crippen LogP contribution in [0.4, 0.5) is 0 Å². The summed E-state index contributed by atoms with van der Waals surface area (Å²) in [4.78, 5) is 16.9. The number of rotatable bonds is 5. The number of hydrogen-bond acceptors (Lipinski definition) is 3. The zero-order chi connectivity index (χ0) is 17.5. The van der Waals surface area contributed by atoms with E-state index in [1.807, 2.05) is 53.4 Å². The second-order valence-electron chi connectivity index (χ2n) is 6.39. The Labute approximate surface area is 149 Å². The van der Waals surface area contributed by atoms with E-state index in [9.17, 15) is 10.1 Å². The van der Waals surface area contributed by atoms with Crippen LogP contribution < -0.4 is 0 Å². The molecule has 4 heteroatoms. The predicted octanol–water partition coefficient (Wildman–Crippen LogP) is 3.38. The fourth-order valence-corrected chi connectivity index (χ4v) is 3.38. The molecule has 0 saturated carbocycles. The molecule has 0 spiro atoms. The van der Waals surface area contributed by atoms with Crippen molar-refractivity contribution < 1.29 is 4.79 Å². The zero-order valence-electron chi connectivity index (χ0n) is 14.3. The highest BCUT2D eigenvalue weighted by molar-refractivity contribution is 5.77. The molecule has 0 unspecified atom stereocenters. The van der Waals surface area contributed by atoms with Gasteiger partial charge < -0.3 is 4.90 Å². The molecule has 1 heterocycles. The fourth-order valence-electron chi connectivity index (χ4n) is 3.38. The molecule has 3 rings (SSSR count). The average molecular weight is 333 g/mol. The van der Waals surface area contributed by atoms with E-state index < -0.39 is 0 Å². The van der Waals surface area contributed by atoms with Crippen LogP contribution in [0.5, 0.6) is 0 Å². The van der Waals surface area contributed by atoms with Gasteiger partial charge in [-0.25, -0.2) is 0 Å². The van der Waals surface area contributed by atoms with Gasteiger partial charge in [0.1, 0.15) is 0 Å². The lowest BCUT2D eigenvalue weighted by Gasteiger charge is -2.30. The molecular weight excluding hydrogens is 310 g/mol. The van der Waals surface area contributed by atoms with E-state index in [4.69, 9.17) is 0 Å². The second-order valence-corrected chi connectivity index (χ2v) is 6.39. The summed E-state index contributed by atoms with van der Waals surface area (Å²) in [6, 6.07) is 22.3. The molecule has 1 aliphatic rings. The van der Waals surface area contributed by atoms with Crippen LogP contribution in [0.25, 0.3) is 0 Å². The maximum absolute atomic E-state index is 12.7. The van der Waals surface area contributed by atoms with Gasteiger partial charge in [-0.15, -0.1) is 0 Å². The van der Waals surface area contributed by atoms with E-state index in [0.29, 0.717) is 19.4 Å². The predicted molar refractivity (Wildman–Crippen MR) is 97.5 cm³/mol. The number of nitrogens with zero attached hydrogens (tertiary/aromatic N) is 3. The smallest absolute Gasteiger partial charge is 0.224 e.